The number of aliphatic hydroxyl groups is 1. The highest BCUT2D eigenvalue weighted by molar-refractivity contribution is 6.18. The van der Waals surface area contributed by atoms with Crippen LogP contribution in [0, 0.1) is 5.82 Å². The van der Waals surface area contributed by atoms with Gasteiger partial charge < -0.3 is 15.2 Å². The lowest BCUT2D eigenvalue weighted by Crippen LogP contribution is -2.21. The van der Waals surface area contributed by atoms with E-state index in [1.807, 2.05) is 0 Å². The van der Waals surface area contributed by atoms with Crippen LogP contribution in [0.25, 0.3) is 0 Å². The van der Waals surface area contributed by atoms with E-state index in [1.54, 1.807) is 19.1 Å². The van der Waals surface area contributed by atoms with Crippen LogP contribution in [0.3, 0.4) is 0 Å². The fraction of sp³-hybridized carbons (Fsp3) is 0.455. The van der Waals surface area contributed by atoms with Crippen LogP contribution in [-0.2, 0) is 0 Å². The van der Waals surface area contributed by atoms with Crippen LogP contribution in [-0.4, -0.2) is 30.2 Å². The number of ether oxygens (including phenoxy) is 1. The molecule has 16 heavy (non-hydrogen) atoms. The Morgan fingerprint density at radius 1 is 1.56 bits per heavy atom. The third kappa shape index (κ3) is 3.54. The van der Waals surface area contributed by atoms with E-state index in [2.05, 4.69) is 5.32 Å². The lowest BCUT2D eigenvalue weighted by Gasteiger charge is -2.14. The van der Waals surface area contributed by atoms with Gasteiger partial charge in [0, 0.05) is 6.54 Å². The molecule has 0 aliphatic heterocycles. The predicted octanol–water partition coefficient (Wildman–Crippen LogP) is 2.24. The monoisotopic (exact) mass is 247 g/mol. The molecule has 0 saturated carbocycles. The molecule has 0 heterocycles. The first-order chi connectivity index (χ1) is 7.69. The number of hydrogen-bond donors (Lipinski definition) is 2. The molecule has 3 nitrogen and oxygen atoms in total. The summed E-state index contributed by atoms with van der Waals surface area (Å²) in [6, 6.07) is 4.59. The molecule has 0 aliphatic rings. The number of aliphatic hydroxyl groups excluding tert-OH is 1. The van der Waals surface area contributed by atoms with Gasteiger partial charge in [-0.15, -0.1) is 11.6 Å². The van der Waals surface area contributed by atoms with Crippen molar-refractivity contribution in [1.29, 1.82) is 0 Å². The van der Waals surface area contributed by atoms with E-state index in [9.17, 15) is 9.50 Å². The van der Waals surface area contributed by atoms with Crippen LogP contribution < -0.4 is 10.1 Å². The van der Waals surface area contributed by atoms with Gasteiger partial charge in [0.15, 0.2) is 11.6 Å². The summed E-state index contributed by atoms with van der Waals surface area (Å²) in [5.74, 6) is -0.120. The zero-order valence-corrected chi connectivity index (χ0v) is 9.80. The lowest BCUT2D eigenvalue weighted by molar-refractivity contribution is 0.211. The Balaban J connectivity index is 2.74. The third-order valence-corrected chi connectivity index (χ3v) is 2.32. The summed E-state index contributed by atoms with van der Waals surface area (Å²) in [5, 5.41) is 12.2. The van der Waals surface area contributed by atoms with Gasteiger partial charge in [0.05, 0.1) is 24.3 Å². The number of nitrogens with one attached hydrogen (secondary N) is 1. The van der Waals surface area contributed by atoms with Crippen LogP contribution in [0.15, 0.2) is 18.2 Å². The van der Waals surface area contributed by atoms with E-state index in [4.69, 9.17) is 16.3 Å². The molecule has 0 spiro atoms. The van der Waals surface area contributed by atoms with E-state index < -0.39 is 11.9 Å². The van der Waals surface area contributed by atoms with Gasteiger partial charge in [0.2, 0.25) is 0 Å². The van der Waals surface area contributed by atoms with Gasteiger partial charge in [-0.1, -0.05) is 6.07 Å². The maximum atomic E-state index is 13.4. The normalized spacial score (nSPS) is 12.2. The first kappa shape index (κ1) is 13.1. The van der Waals surface area contributed by atoms with Crippen LogP contribution in [0.2, 0.25) is 0 Å². The number of hydrogen-bond acceptors (Lipinski definition) is 3. The molecule has 0 amide bonds. The topological polar surface area (TPSA) is 41.5 Å². The van der Waals surface area contributed by atoms with Crippen molar-refractivity contribution in [2.45, 2.75) is 13.0 Å². The molecular weight excluding hydrogens is 233 g/mol. The van der Waals surface area contributed by atoms with Crippen molar-refractivity contribution < 1.29 is 14.2 Å². The lowest BCUT2D eigenvalue weighted by atomic mass is 10.2. The molecule has 2 N–H and O–H groups in total. The quantitative estimate of drug-likeness (QED) is 0.758. The average Bonchev–Trinajstić information content (AvgIpc) is 2.29. The summed E-state index contributed by atoms with van der Waals surface area (Å²) in [4.78, 5) is 0. The second kappa shape index (κ2) is 6.55. The summed E-state index contributed by atoms with van der Waals surface area (Å²) >= 11 is 5.46. The maximum absolute atomic E-state index is 13.4. The largest absolute Gasteiger partial charge is 0.489 e. The second-order valence-electron chi connectivity index (χ2n) is 3.24. The Kier molecular flexibility index (Phi) is 5.35. The Morgan fingerprint density at radius 2 is 2.31 bits per heavy atom. The molecule has 90 valence electrons. The highest BCUT2D eigenvalue weighted by Gasteiger charge is 2.10. The Hall–Kier alpha value is -1.00. The SMILES string of the molecule is CCOc1c(F)cccc1NCC(O)CCl. The van der Waals surface area contributed by atoms with E-state index in [0.717, 1.165) is 0 Å². The molecule has 1 rings (SSSR count). The van der Waals surface area contributed by atoms with Crippen molar-refractivity contribution >= 4 is 17.3 Å². The van der Waals surface area contributed by atoms with Crippen molar-refractivity contribution in [2.24, 2.45) is 0 Å². The predicted molar refractivity (Wildman–Crippen MR) is 62.8 cm³/mol. The first-order valence-corrected chi connectivity index (χ1v) is 5.61. The van der Waals surface area contributed by atoms with Crippen molar-refractivity contribution in [2.75, 3.05) is 24.3 Å². The number of anilines is 1. The minimum atomic E-state index is -0.667. The summed E-state index contributed by atoms with van der Waals surface area (Å²) in [6.45, 7) is 2.42. The Labute approximate surface area is 99.2 Å². The average molecular weight is 248 g/mol. The number of rotatable bonds is 6. The third-order valence-electron chi connectivity index (χ3n) is 1.96. The van der Waals surface area contributed by atoms with Crippen LogP contribution >= 0.6 is 11.6 Å². The minimum Gasteiger partial charge on any atom is -0.489 e. The van der Waals surface area contributed by atoms with E-state index >= 15 is 0 Å². The summed E-state index contributed by atoms with van der Waals surface area (Å²) in [5.41, 5.74) is 0.519. The number of para-hydroxylation sites is 1. The number of alkyl halides is 1. The van der Waals surface area contributed by atoms with Gasteiger partial charge in [-0.3, -0.25) is 0 Å². The molecule has 1 aromatic rings. The van der Waals surface area contributed by atoms with E-state index in [1.165, 1.54) is 6.07 Å². The van der Waals surface area contributed by atoms with Gasteiger partial charge in [-0.25, -0.2) is 4.39 Å². The molecule has 0 radical (unpaired) electrons. The highest BCUT2D eigenvalue weighted by Crippen LogP contribution is 2.27. The van der Waals surface area contributed by atoms with Crippen molar-refractivity contribution in [3.8, 4) is 5.75 Å². The zero-order chi connectivity index (χ0) is 12.0. The molecule has 0 aliphatic carbocycles. The first-order valence-electron chi connectivity index (χ1n) is 5.08. The molecule has 0 bridgehead atoms. The van der Waals surface area contributed by atoms with Gasteiger partial charge in [-0.2, -0.15) is 0 Å². The van der Waals surface area contributed by atoms with E-state index in [-0.39, 0.29) is 18.2 Å². The number of benzene rings is 1. The standard InChI is InChI=1S/C11H15ClFNO2/c1-2-16-11-9(13)4-3-5-10(11)14-7-8(15)6-12/h3-5,8,14-15H,2,6-7H2,1H3. The van der Waals surface area contributed by atoms with Crippen LogP contribution in [0.5, 0.6) is 5.75 Å². The van der Waals surface area contributed by atoms with Crippen LogP contribution in [0.4, 0.5) is 10.1 Å². The molecule has 1 atom stereocenters. The van der Waals surface area contributed by atoms with Crippen LogP contribution in [0.1, 0.15) is 6.92 Å². The molecule has 1 unspecified atom stereocenters. The molecule has 5 heteroatoms. The fourth-order valence-electron chi connectivity index (χ4n) is 1.22. The maximum Gasteiger partial charge on any atom is 0.177 e. The van der Waals surface area contributed by atoms with Crippen molar-refractivity contribution in [3.05, 3.63) is 24.0 Å². The van der Waals surface area contributed by atoms with Gasteiger partial charge in [0.25, 0.3) is 0 Å². The van der Waals surface area contributed by atoms with Gasteiger partial charge >= 0.3 is 0 Å². The highest BCUT2D eigenvalue weighted by atomic mass is 35.5. The number of halogens is 2. The molecule has 0 aromatic heterocycles. The Morgan fingerprint density at radius 3 is 2.94 bits per heavy atom. The zero-order valence-electron chi connectivity index (χ0n) is 9.04. The minimum absolute atomic E-state index is 0.131. The van der Waals surface area contributed by atoms with Gasteiger partial charge in [0.1, 0.15) is 0 Å². The fourth-order valence-corrected chi connectivity index (χ4v) is 1.33. The molecule has 0 fully saturated rings. The molecular formula is C11H15ClFNO2. The summed E-state index contributed by atoms with van der Waals surface area (Å²) in [6.07, 6.45) is -0.667. The van der Waals surface area contributed by atoms with Gasteiger partial charge in [-0.05, 0) is 19.1 Å². The van der Waals surface area contributed by atoms with Crippen molar-refractivity contribution in [3.63, 3.8) is 0 Å². The summed E-state index contributed by atoms with van der Waals surface area (Å²) in [7, 11) is 0. The smallest absolute Gasteiger partial charge is 0.177 e. The summed E-state index contributed by atoms with van der Waals surface area (Å²) < 4.78 is 18.6. The Bertz CT molecular complexity index is 336. The molecule has 1 aromatic carbocycles. The van der Waals surface area contributed by atoms with Crippen molar-refractivity contribution in [1.82, 2.24) is 0 Å². The second-order valence-corrected chi connectivity index (χ2v) is 3.55. The van der Waals surface area contributed by atoms with E-state index in [0.29, 0.717) is 12.3 Å². The molecule has 0 saturated heterocycles.